The molecule has 14 heavy (non-hydrogen) atoms. The minimum atomic E-state index is 0. The van der Waals surface area contributed by atoms with Gasteiger partial charge in [0.25, 0.3) is 0 Å². The van der Waals surface area contributed by atoms with Crippen molar-refractivity contribution in [1.82, 2.24) is 15.1 Å². The zero-order valence-corrected chi connectivity index (χ0v) is 9.09. The lowest BCUT2D eigenvalue weighted by Gasteiger charge is -2.22. The predicted molar refractivity (Wildman–Crippen MR) is 57.2 cm³/mol. The van der Waals surface area contributed by atoms with Crippen molar-refractivity contribution in [3.8, 4) is 5.75 Å². The quantitative estimate of drug-likeness (QED) is 0.810. The third-order valence-electron chi connectivity index (χ3n) is 2.50. The number of nitrogens with zero attached hydrogens (tertiary/aromatic N) is 2. The molecule has 0 aromatic carbocycles. The molecule has 0 atom stereocenters. The molecule has 0 aliphatic carbocycles. The largest absolute Gasteiger partial charge is 0.493 e. The van der Waals surface area contributed by atoms with Crippen LogP contribution < -0.4 is 10.1 Å². The predicted octanol–water partition coefficient (Wildman–Crippen LogP) is 1.24. The zero-order chi connectivity index (χ0) is 9.10. The maximum atomic E-state index is 5.09. The van der Waals surface area contributed by atoms with E-state index in [0.29, 0.717) is 6.04 Å². The van der Waals surface area contributed by atoms with Crippen LogP contribution >= 0.6 is 12.4 Å². The number of hydrogen-bond acceptors (Lipinski definition) is 3. The molecule has 1 aliphatic rings. The number of ether oxygens (including phenoxy) is 1. The van der Waals surface area contributed by atoms with Crippen molar-refractivity contribution in [2.45, 2.75) is 18.9 Å². The van der Waals surface area contributed by atoms with Gasteiger partial charge in [-0.1, -0.05) is 0 Å². The summed E-state index contributed by atoms with van der Waals surface area (Å²) in [4.78, 5) is 0. The Bertz CT molecular complexity index is 271. The molecule has 80 valence electrons. The van der Waals surface area contributed by atoms with Crippen molar-refractivity contribution in [2.75, 3.05) is 20.2 Å². The minimum absolute atomic E-state index is 0. The van der Waals surface area contributed by atoms with Crippen molar-refractivity contribution in [3.63, 3.8) is 0 Å². The standard InChI is InChI=1S/C9H15N3O.ClH/c1-13-9-6-11-12(7-9)8-2-4-10-5-3-8;/h6-8,10H,2-5H2,1H3;1H. The van der Waals surface area contributed by atoms with Gasteiger partial charge in [-0.05, 0) is 25.9 Å². The van der Waals surface area contributed by atoms with Gasteiger partial charge in [0.05, 0.1) is 25.5 Å². The molecule has 1 fully saturated rings. The van der Waals surface area contributed by atoms with Gasteiger partial charge in [-0.15, -0.1) is 12.4 Å². The molecule has 1 aromatic rings. The fourth-order valence-electron chi connectivity index (χ4n) is 1.70. The second-order valence-electron chi connectivity index (χ2n) is 3.34. The summed E-state index contributed by atoms with van der Waals surface area (Å²) in [5, 5.41) is 7.61. The third kappa shape index (κ3) is 2.39. The van der Waals surface area contributed by atoms with E-state index in [9.17, 15) is 0 Å². The maximum Gasteiger partial charge on any atom is 0.156 e. The molecule has 1 aliphatic heterocycles. The van der Waals surface area contributed by atoms with Crippen molar-refractivity contribution >= 4 is 12.4 Å². The molecule has 4 nitrogen and oxygen atoms in total. The lowest BCUT2D eigenvalue weighted by atomic mass is 10.1. The summed E-state index contributed by atoms with van der Waals surface area (Å²) in [5.41, 5.74) is 0. The van der Waals surface area contributed by atoms with E-state index in [1.54, 1.807) is 13.3 Å². The topological polar surface area (TPSA) is 39.1 Å². The molecule has 0 spiro atoms. The van der Waals surface area contributed by atoms with Gasteiger partial charge in [0.2, 0.25) is 0 Å². The highest BCUT2D eigenvalue weighted by Crippen LogP contribution is 2.19. The number of aromatic nitrogens is 2. The van der Waals surface area contributed by atoms with Crippen LogP contribution in [0.25, 0.3) is 0 Å². The first-order valence-electron chi connectivity index (χ1n) is 4.69. The Balaban J connectivity index is 0.000000980. The molecular weight excluding hydrogens is 202 g/mol. The molecule has 2 heterocycles. The Morgan fingerprint density at radius 3 is 2.79 bits per heavy atom. The summed E-state index contributed by atoms with van der Waals surface area (Å²) in [7, 11) is 1.67. The van der Waals surface area contributed by atoms with E-state index in [2.05, 4.69) is 10.4 Å². The van der Waals surface area contributed by atoms with Crippen LogP contribution in [-0.4, -0.2) is 30.0 Å². The molecular formula is C9H16ClN3O. The van der Waals surface area contributed by atoms with Gasteiger partial charge < -0.3 is 10.1 Å². The second kappa shape index (κ2) is 5.22. The van der Waals surface area contributed by atoms with Crippen LogP contribution in [0.3, 0.4) is 0 Å². The number of methoxy groups -OCH3 is 1. The summed E-state index contributed by atoms with van der Waals surface area (Å²) in [6, 6.07) is 0.546. The first-order valence-corrected chi connectivity index (χ1v) is 4.69. The Kier molecular flexibility index (Phi) is 4.22. The average molecular weight is 218 g/mol. The van der Waals surface area contributed by atoms with E-state index in [4.69, 9.17) is 4.74 Å². The van der Waals surface area contributed by atoms with E-state index >= 15 is 0 Å². The van der Waals surface area contributed by atoms with Crippen LogP contribution in [0.5, 0.6) is 5.75 Å². The van der Waals surface area contributed by atoms with Crippen LogP contribution in [0.15, 0.2) is 12.4 Å². The summed E-state index contributed by atoms with van der Waals surface area (Å²) < 4.78 is 7.10. The van der Waals surface area contributed by atoms with Gasteiger partial charge in [-0.25, -0.2) is 0 Å². The summed E-state index contributed by atoms with van der Waals surface area (Å²) in [6.45, 7) is 2.18. The number of piperidine rings is 1. The number of halogens is 1. The second-order valence-corrected chi connectivity index (χ2v) is 3.34. The summed E-state index contributed by atoms with van der Waals surface area (Å²) in [6.07, 6.45) is 6.05. The lowest BCUT2D eigenvalue weighted by Crippen LogP contribution is -2.29. The lowest BCUT2D eigenvalue weighted by molar-refractivity contribution is 0.341. The Morgan fingerprint density at radius 2 is 2.21 bits per heavy atom. The van der Waals surface area contributed by atoms with Crippen molar-refractivity contribution in [3.05, 3.63) is 12.4 Å². The number of rotatable bonds is 2. The van der Waals surface area contributed by atoms with Crippen LogP contribution in [0.2, 0.25) is 0 Å². The van der Waals surface area contributed by atoms with Crippen LogP contribution in [-0.2, 0) is 0 Å². The van der Waals surface area contributed by atoms with Gasteiger partial charge >= 0.3 is 0 Å². The number of hydrogen-bond donors (Lipinski definition) is 1. The van der Waals surface area contributed by atoms with E-state index in [-0.39, 0.29) is 12.4 Å². The molecule has 5 heteroatoms. The third-order valence-corrected chi connectivity index (χ3v) is 2.50. The fraction of sp³-hybridized carbons (Fsp3) is 0.667. The highest BCUT2D eigenvalue weighted by Gasteiger charge is 2.15. The molecule has 1 aromatic heterocycles. The van der Waals surface area contributed by atoms with Gasteiger partial charge in [0, 0.05) is 0 Å². The zero-order valence-electron chi connectivity index (χ0n) is 8.27. The normalized spacial score (nSPS) is 17.5. The molecule has 0 radical (unpaired) electrons. The number of nitrogens with one attached hydrogen (secondary N) is 1. The SMILES string of the molecule is COc1cnn(C2CCNCC2)c1.Cl. The average Bonchev–Trinajstić information content (AvgIpc) is 2.67. The Hall–Kier alpha value is -0.740. The van der Waals surface area contributed by atoms with E-state index in [1.165, 1.54) is 0 Å². The van der Waals surface area contributed by atoms with Crippen LogP contribution in [0.1, 0.15) is 18.9 Å². The maximum absolute atomic E-state index is 5.09. The molecule has 0 amide bonds. The highest BCUT2D eigenvalue weighted by molar-refractivity contribution is 5.85. The van der Waals surface area contributed by atoms with Gasteiger partial charge in [0.1, 0.15) is 0 Å². The van der Waals surface area contributed by atoms with Crippen molar-refractivity contribution in [1.29, 1.82) is 0 Å². The smallest absolute Gasteiger partial charge is 0.156 e. The van der Waals surface area contributed by atoms with Crippen LogP contribution in [0, 0.1) is 0 Å². The van der Waals surface area contributed by atoms with Crippen molar-refractivity contribution < 1.29 is 4.74 Å². The molecule has 1 saturated heterocycles. The van der Waals surface area contributed by atoms with Gasteiger partial charge in [-0.2, -0.15) is 5.10 Å². The summed E-state index contributed by atoms with van der Waals surface area (Å²) >= 11 is 0. The first-order chi connectivity index (χ1) is 6.40. The fourth-order valence-corrected chi connectivity index (χ4v) is 1.70. The summed E-state index contributed by atoms with van der Waals surface area (Å²) in [5.74, 6) is 0.846. The Morgan fingerprint density at radius 1 is 1.50 bits per heavy atom. The van der Waals surface area contributed by atoms with E-state index in [0.717, 1.165) is 31.7 Å². The van der Waals surface area contributed by atoms with Crippen molar-refractivity contribution in [2.24, 2.45) is 0 Å². The molecule has 2 rings (SSSR count). The highest BCUT2D eigenvalue weighted by atomic mass is 35.5. The molecule has 0 unspecified atom stereocenters. The van der Waals surface area contributed by atoms with E-state index in [1.807, 2.05) is 10.9 Å². The van der Waals surface area contributed by atoms with E-state index < -0.39 is 0 Å². The molecule has 1 N–H and O–H groups in total. The minimum Gasteiger partial charge on any atom is -0.493 e. The molecule has 0 saturated carbocycles. The molecule has 0 bridgehead atoms. The van der Waals surface area contributed by atoms with Crippen LogP contribution in [0.4, 0.5) is 0 Å². The Labute approximate surface area is 90.0 Å². The van der Waals surface area contributed by atoms with Gasteiger partial charge in [-0.3, -0.25) is 4.68 Å². The van der Waals surface area contributed by atoms with Gasteiger partial charge in [0.15, 0.2) is 5.75 Å². The monoisotopic (exact) mass is 217 g/mol. The first kappa shape index (κ1) is 11.3.